The number of benzene rings is 2. The Morgan fingerprint density at radius 1 is 0.821 bits per heavy atom. The molecule has 0 aliphatic carbocycles. The zero-order valence-electron chi connectivity index (χ0n) is 13.4. The van der Waals surface area contributed by atoms with Crippen molar-refractivity contribution in [1.82, 2.24) is 0 Å². The smallest absolute Gasteiger partial charge is 0.403 e. The molecule has 0 atom stereocenters. The normalized spacial score (nSPS) is 11.3. The van der Waals surface area contributed by atoms with Gasteiger partial charge in [-0.25, -0.2) is 8.78 Å². The van der Waals surface area contributed by atoms with Crippen molar-refractivity contribution in [2.45, 2.75) is 19.3 Å². The van der Waals surface area contributed by atoms with Crippen molar-refractivity contribution in [2.24, 2.45) is 0 Å². The molecule has 0 heterocycles. The summed E-state index contributed by atoms with van der Waals surface area (Å²) in [4.78, 5) is 10.1. The van der Waals surface area contributed by atoms with Crippen LogP contribution in [-0.2, 0) is 6.61 Å². The number of carbonyl (C=O) groups is 1. The van der Waals surface area contributed by atoms with Crippen LogP contribution in [-0.4, -0.2) is 24.1 Å². The first-order chi connectivity index (χ1) is 12.8. The van der Waals surface area contributed by atoms with Crippen LogP contribution in [0.5, 0.6) is 11.5 Å². The number of halogens is 8. The SMILES string of the molecule is O=Cc1ccc(OC(F)(F)F)c(F)c1.OCc1ccc(OC(F)(F)F)c(F)c1. The third-order valence-electron chi connectivity index (χ3n) is 2.72. The maximum Gasteiger partial charge on any atom is 0.573 e. The van der Waals surface area contributed by atoms with Crippen LogP contribution in [0.2, 0.25) is 0 Å². The van der Waals surface area contributed by atoms with E-state index in [1.165, 1.54) is 0 Å². The number of hydrogen-bond donors (Lipinski definition) is 1. The molecular weight excluding hydrogens is 408 g/mol. The van der Waals surface area contributed by atoms with Crippen molar-refractivity contribution < 1.29 is 54.5 Å². The number of rotatable bonds is 4. The molecular formula is C16H10F8O4. The summed E-state index contributed by atoms with van der Waals surface area (Å²) in [7, 11) is 0. The fourth-order valence-electron chi connectivity index (χ4n) is 1.65. The topological polar surface area (TPSA) is 55.8 Å². The first-order valence-corrected chi connectivity index (χ1v) is 7.00. The fraction of sp³-hybridized carbons (Fsp3) is 0.188. The molecule has 154 valence electrons. The van der Waals surface area contributed by atoms with E-state index in [9.17, 15) is 39.9 Å². The maximum atomic E-state index is 12.8. The first-order valence-electron chi connectivity index (χ1n) is 7.00. The van der Waals surface area contributed by atoms with Crippen molar-refractivity contribution in [3.63, 3.8) is 0 Å². The number of hydrogen-bond acceptors (Lipinski definition) is 4. The van der Waals surface area contributed by atoms with Gasteiger partial charge in [0.1, 0.15) is 6.29 Å². The lowest BCUT2D eigenvalue weighted by Crippen LogP contribution is -2.18. The zero-order chi connectivity index (χ0) is 21.5. The van der Waals surface area contributed by atoms with E-state index >= 15 is 0 Å². The Morgan fingerprint density at radius 2 is 1.29 bits per heavy atom. The average molecular weight is 418 g/mol. The minimum absolute atomic E-state index is 0.0583. The number of aliphatic hydroxyl groups is 1. The van der Waals surface area contributed by atoms with Gasteiger partial charge in [-0.05, 0) is 35.9 Å². The van der Waals surface area contributed by atoms with Gasteiger partial charge in [-0.15, -0.1) is 26.3 Å². The quantitative estimate of drug-likeness (QED) is 0.575. The molecule has 0 aromatic heterocycles. The Balaban J connectivity index is 0.000000280. The van der Waals surface area contributed by atoms with Gasteiger partial charge in [-0.3, -0.25) is 4.79 Å². The Kier molecular flexibility index (Phi) is 7.73. The van der Waals surface area contributed by atoms with E-state index in [0.717, 1.165) is 30.3 Å². The predicted molar refractivity (Wildman–Crippen MR) is 77.5 cm³/mol. The van der Waals surface area contributed by atoms with Gasteiger partial charge in [-0.2, -0.15) is 0 Å². The van der Waals surface area contributed by atoms with Gasteiger partial charge >= 0.3 is 12.7 Å². The van der Waals surface area contributed by atoms with E-state index in [2.05, 4.69) is 9.47 Å². The monoisotopic (exact) mass is 418 g/mol. The Bertz CT molecular complexity index is 802. The summed E-state index contributed by atoms with van der Waals surface area (Å²) >= 11 is 0. The highest BCUT2D eigenvalue weighted by atomic mass is 19.4. The van der Waals surface area contributed by atoms with Crippen LogP contribution >= 0.6 is 0 Å². The summed E-state index contributed by atoms with van der Waals surface area (Å²) in [5, 5.41) is 8.56. The molecule has 28 heavy (non-hydrogen) atoms. The van der Waals surface area contributed by atoms with E-state index in [1.807, 2.05) is 0 Å². The van der Waals surface area contributed by atoms with Crippen LogP contribution in [0.3, 0.4) is 0 Å². The molecule has 0 aliphatic heterocycles. The van der Waals surface area contributed by atoms with Gasteiger partial charge in [0.2, 0.25) is 0 Å². The second-order valence-corrected chi connectivity index (χ2v) is 4.83. The molecule has 4 nitrogen and oxygen atoms in total. The molecule has 0 saturated carbocycles. The van der Waals surface area contributed by atoms with Gasteiger partial charge < -0.3 is 14.6 Å². The molecule has 2 aromatic carbocycles. The minimum Gasteiger partial charge on any atom is -0.403 e. The number of carbonyl (C=O) groups excluding carboxylic acids is 1. The standard InChI is InChI=1S/C8H6F4O2.C8H4F4O2/c2*9-6-3-5(4-13)1-2-7(6)14-8(10,11)12/h1-3,13H,4H2;1-4H. The van der Waals surface area contributed by atoms with Crippen LogP contribution in [0.15, 0.2) is 36.4 Å². The van der Waals surface area contributed by atoms with E-state index < -0.39 is 42.5 Å². The van der Waals surface area contributed by atoms with Gasteiger partial charge in [0.15, 0.2) is 23.1 Å². The number of ether oxygens (including phenoxy) is 2. The van der Waals surface area contributed by atoms with Crippen LogP contribution in [0.25, 0.3) is 0 Å². The lowest BCUT2D eigenvalue weighted by molar-refractivity contribution is -0.276. The molecule has 0 radical (unpaired) electrons. The molecule has 0 unspecified atom stereocenters. The van der Waals surface area contributed by atoms with E-state index in [4.69, 9.17) is 5.11 Å². The molecule has 0 aliphatic rings. The Morgan fingerprint density at radius 3 is 1.64 bits per heavy atom. The zero-order valence-corrected chi connectivity index (χ0v) is 13.4. The summed E-state index contributed by atoms with van der Waals surface area (Å²) in [6.07, 6.45) is -9.54. The molecule has 0 spiro atoms. The Labute approximate surface area is 151 Å². The number of aliphatic hydroxyl groups excluding tert-OH is 1. The van der Waals surface area contributed by atoms with E-state index in [0.29, 0.717) is 12.4 Å². The summed E-state index contributed by atoms with van der Waals surface area (Å²) in [6.45, 7) is -0.441. The number of alkyl halides is 6. The Hall–Kier alpha value is -2.89. The molecule has 0 fully saturated rings. The van der Waals surface area contributed by atoms with E-state index in [1.54, 1.807) is 0 Å². The fourth-order valence-corrected chi connectivity index (χ4v) is 1.65. The van der Waals surface area contributed by atoms with Crippen molar-refractivity contribution in [1.29, 1.82) is 0 Å². The summed E-state index contributed by atoms with van der Waals surface area (Å²) in [5.74, 6) is -4.25. The highest BCUT2D eigenvalue weighted by Gasteiger charge is 2.33. The second kappa shape index (κ2) is 9.35. The summed E-state index contributed by atoms with van der Waals surface area (Å²) in [6, 6.07) is 5.16. The number of aldehydes is 1. The average Bonchev–Trinajstić information content (AvgIpc) is 2.57. The molecule has 0 saturated heterocycles. The molecule has 0 bridgehead atoms. The predicted octanol–water partition coefficient (Wildman–Crippen LogP) is 4.75. The van der Waals surface area contributed by atoms with Crippen molar-refractivity contribution in [2.75, 3.05) is 0 Å². The molecule has 1 N–H and O–H groups in total. The van der Waals surface area contributed by atoms with Crippen LogP contribution in [0.1, 0.15) is 15.9 Å². The highest BCUT2D eigenvalue weighted by molar-refractivity contribution is 5.74. The highest BCUT2D eigenvalue weighted by Crippen LogP contribution is 2.26. The van der Waals surface area contributed by atoms with Crippen molar-refractivity contribution in [3.05, 3.63) is 59.2 Å². The van der Waals surface area contributed by atoms with Crippen LogP contribution < -0.4 is 9.47 Å². The molecule has 12 heteroatoms. The largest absolute Gasteiger partial charge is 0.573 e. The van der Waals surface area contributed by atoms with Gasteiger partial charge in [0, 0.05) is 5.56 Å². The van der Waals surface area contributed by atoms with E-state index in [-0.39, 0.29) is 11.1 Å². The van der Waals surface area contributed by atoms with Gasteiger partial charge in [-0.1, -0.05) is 6.07 Å². The lowest BCUT2D eigenvalue weighted by Gasteiger charge is -2.09. The third-order valence-corrected chi connectivity index (χ3v) is 2.72. The van der Waals surface area contributed by atoms with Crippen molar-refractivity contribution >= 4 is 6.29 Å². The summed E-state index contributed by atoms with van der Waals surface area (Å²) < 4.78 is 102. The van der Waals surface area contributed by atoms with Crippen molar-refractivity contribution in [3.8, 4) is 11.5 Å². The van der Waals surface area contributed by atoms with Crippen LogP contribution in [0, 0.1) is 11.6 Å². The summed E-state index contributed by atoms with van der Waals surface area (Å²) in [5.41, 5.74) is 0.119. The third kappa shape index (κ3) is 8.20. The minimum atomic E-state index is -4.94. The molecule has 0 amide bonds. The lowest BCUT2D eigenvalue weighted by atomic mass is 10.2. The first kappa shape index (κ1) is 23.1. The maximum absolute atomic E-state index is 12.8. The molecule has 2 aromatic rings. The van der Waals surface area contributed by atoms with Gasteiger partial charge in [0.05, 0.1) is 6.61 Å². The second-order valence-electron chi connectivity index (χ2n) is 4.83. The van der Waals surface area contributed by atoms with Gasteiger partial charge in [0.25, 0.3) is 0 Å². The molecule has 2 rings (SSSR count). The van der Waals surface area contributed by atoms with Crippen LogP contribution in [0.4, 0.5) is 35.1 Å².